The van der Waals surface area contributed by atoms with Crippen LogP contribution in [0, 0.1) is 10.1 Å². The standard InChI is InChI=1S/C13H17N3O6S/c1-23(21,22)10-2-3-11(12(8-10)16(19)20)14-9-4-6-15(7-5-9)13(17)18/h2-3,8-9,14H,4-7H2,1H3,(H,17,18). The Hall–Kier alpha value is -2.36. The molecule has 2 rings (SSSR count). The number of nitrogens with one attached hydrogen (secondary N) is 1. The van der Waals surface area contributed by atoms with Crippen molar-refractivity contribution in [2.24, 2.45) is 0 Å². The molecule has 1 aromatic rings. The number of piperidine rings is 1. The number of anilines is 1. The second-order valence-electron chi connectivity index (χ2n) is 5.40. The number of nitro groups is 1. The molecule has 2 N–H and O–H groups in total. The Morgan fingerprint density at radius 1 is 1.39 bits per heavy atom. The molecule has 0 bridgehead atoms. The number of carbonyl (C=O) groups is 1. The Kier molecular flexibility index (Phi) is 4.73. The quantitative estimate of drug-likeness (QED) is 0.626. The zero-order valence-electron chi connectivity index (χ0n) is 12.4. The average molecular weight is 343 g/mol. The number of hydrogen-bond acceptors (Lipinski definition) is 6. The van der Waals surface area contributed by atoms with Gasteiger partial charge >= 0.3 is 6.09 Å². The van der Waals surface area contributed by atoms with Gasteiger partial charge in [-0.1, -0.05) is 0 Å². The fraction of sp³-hybridized carbons (Fsp3) is 0.462. The lowest BCUT2D eigenvalue weighted by Gasteiger charge is -2.30. The van der Waals surface area contributed by atoms with E-state index in [2.05, 4.69) is 5.32 Å². The number of rotatable bonds is 4. The lowest BCUT2D eigenvalue weighted by Crippen LogP contribution is -2.41. The van der Waals surface area contributed by atoms with Gasteiger partial charge in [0, 0.05) is 31.5 Å². The maximum absolute atomic E-state index is 11.5. The van der Waals surface area contributed by atoms with E-state index >= 15 is 0 Å². The van der Waals surface area contributed by atoms with E-state index in [4.69, 9.17) is 5.11 Å². The highest BCUT2D eigenvalue weighted by Crippen LogP contribution is 2.29. The highest BCUT2D eigenvalue weighted by atomic mass is 32.2. The number of benzene rings is 1. The molecule has 1 heterocycles. The molecule has 0 unspecified atom stereocenters. The normalized spacial score (nSPS) is 16.1. The summed E-state index contributed by atoms with van der Waals surface area (Å²) >= 11 is 0. The predicted octanol–water partition coefficient (Wildman–Crippen LogP) is 1.55. The van der Waals surface area contributed by atoms with Gasteiger partial charge < -0.3 is 15.3 Å². The highest BCUT2D eigenvalue weighted by molar-refractivity contribution is 7.90. The predicted molar refractivity (Wildman–Crippen MR) is 82.4 cm³/mol. The summed E-state index contributed by atoms with van der Waals surface area (Å²) in [5.41, 5.74) is -0.0789. The molecule has 0 radical (unpaired) electrons. The van der Waals surface area contributed by atoms with Gasteiger partial charge in [0.15, 0.2) is 9.84 Å². The third-order valence-electron chi connectivity index (χ3n) is 3.72. The SMILES string of the molecule is CS(=O)(=O)c1ccc(NC2CCN(C(=O)O)CC2)c([N+](=O)[O-])c1. The van der Waals surface area contributed by atoms with E-state index < -0.39 is 20.9 Å². The summed E-state index contributed by atoms with van der Waals surface area (Å²) in [6, 6.07) is 3.62. The third-order valence-corrected chi connectivity index (χ3v) is 4.83. The minimum Gasteiger partial charge on any atom is -0.465 e. The van der Waals surface area contributed by atoms with Crippen LogP contribution in [0.15, 0.2) is 23.1 Å². The van der Waals surface area contributed by atoms with E-state index in [9.17, 15) is 23.3 Å². The molecular weight excluding hydrogens is 326 g/mol. The number of nitrogens with zero attached hydrogens (tertiary/aromatic N) is 2. The lowest BCUT2D eigenvalue weighted by atomic mass is 10.0. The smallest absolute Gasteiger partial charge is 0.407 e. The number of amides is 1. The van der Waals surface area contributed by atoms with Crippen molar-refractivity contribution in [1.82, 2.24) is 4.90 Å². The first-order chi connectivity index (χ1) is 10.7. The monoisotopic (exact) mass is 343 g/mol. The Morgan fingerprint density at radius 3 is 2.48 bits per heavy atom. The summed E-state index contributed by atoms with van der Waals surface area (Å²) in [6.07, 6.45) is 1.06. The van der Waals surface area contributed by atoms with Gasteiger partial charge in [-0.3, -0.25) is 10.1 Å². The molecule has 1 amide bonds. The van der Waals surface area contributed by atoms with Crippen molar-refractivity contribution < 1.29 is 23.2 Å². The minimum atomic E-state index is -3.53. The van der Waals surface area contributed by atoms with Crippen molar-refractivity contribution in [2.75, 3.05) is 24.7 Å². The largest absolute Gasteiger partial charge is 0.465 e. The van der Waals surface area contributed by atoms with E-state index in [-0.39, 0.29) is 22.3 Å². The van der Waals surface area contributed by atoms with E-state index in [1.165, 1.54) is 17.0 Å². The van der Waals surface area contributed by atoms with E-state index in [0.29, 0.717) is 25.9 Å². The zero-order valence-corrected chi connectivity index (χ0v) is 13.2. The molecule has 10 heteroatoms. The highest BCUT2D eigenvalue weighted by Gasteiger charge is 2.25. The van der Waals surface area contributed by atoms with Gasteiger partial charge in [-0.25, -0.2) is 13.2 Å². The van der Waals surface area contributed by atoms with Crippen LogP contribution < -0.4 is 5.32 Å². The van der Waals surface area contributed by atoms with Crippen molar-refractivity contribution >= 4 is 27.3 Å². The molecule has 1 aromatic carbocycles. The van der Waals surface area contributed by atoms with Crippen molar-refractivity contribution in [2.45, 2.75) is 23.8 Å². The maximum Gasteiger partial charge on any atom is 0.407 e. The van der Waals surface area contributed by atoms with E-state index in [1.54, 1.807) is 0 Å². The summed E-state index contributed by atoms with van der Waals surface area (Å²) in [5, 5.41) is 23.1. The van der Waals surface area contributed by atoms with Crippen LogP contribution >= 0.6 is 0 Å². The molecule has 0 saturated carbocycles. The van der Waals surface area contributed by atoms with Crippen LogP contribution in [0.1, 0.15) is 12.8 Å². The first-order valence-electron chi connectivity index (χ1n) is 6.91. The second-order valence-corrected chi connectivity index (χ2v) is 7.41. The summed E-state index contributed by atoms with van der Waals surface area (Å²) in [5.74, 6) is 0. The van der Waals surface area contributed by atoms with Gasteiger partial charge in [-0.05, 0) is 25.0 Å². The molecule has 1 aliphatic rings. The van der Waals surface area contributed by atoms with Crippen molar-refractivity contribution in [3.8, 4) is 0 Å². The molecule has 0 spiro atoms. The van der Waals surface area contributed by atoms with Gasteiger partial charge in [0.1, 0.15) is 5.69 Å². The van der Waals surface area contributed by atoms with Crippen LogP contribution in [0.2, 0.25) is 0 Å². The van der Waals surface area contributed by atoms with Crippen LogP contribution in [0.4, 0.5) is 16.2 Å². The van der Waals surface area contributed by atoms with Crippen LogP contribution in [0.25, 0.3) is 0 Å². The summed E-state index contributed by atoms with van der Waals surface area (Å²) in [7, 11) is -3.53. The first kappa shape index (κ1) is 17.0. The summed E-state index contributed by atoms with van der Waals surface area (Å²) < 4.78 is 23.0. The van der Waals surface area contributed by atoms with Gasteiger partial charge in [-0.2, -0.15) is 0 Å². The van der Waals surface area contributed by atoms with Gasteiger partial charge in [0.2, 0.25) is 0 Å². The average Bonchev–Trinajstić information content (AvgIpc) is 2.46. The summed E-state index contributed by atoms with van der Waals surface area (Å²) in [6.45, 7) is 0.699. The number of hydrogen-bond donors (Lipinski definition) is 2. The van der Waals surface area contributed by atoms with Gasteiger partial charge in [0.05, 0.1) is 9.82 Å². The number of carboxylic acid groups (broad SMARTS) is 1. The van der Waals surface area contributed by atoms with Crippen LogP contribution in [0.5, 0.6) is 0 Å². The molecule has 1 saturated heterocycles. The van der Waals surface area contributed by atoms with Gasteiger partial charge in [0.25, 0.3) is 5.69 Å². The fourth-order valence-corrected chi connectivity index (χ4v) is 3.09. The number of sulfone groups is 1. The molecule has 0 atom stereocenters. The third kappa shape index (κ3) is 4.09. The first-order valence-corrected chi connectivity index (χ1v) is 8.80. The molecule has 9 nitrogen and oxygen atoms in total. The Bertz CT molecular complexity index is 725. The molecular formula is C13H17N3O6S. The second kappa shape index (κ2) is 6.41. The zero-order chi connectivity index (χ0) is 17.2. The Balaban J connectivity index is 2.17. The molecule has 0 aromatic heterocycles. The minimum absolute atomic E-state index is 0.103. The number of nitro benzene ring substituents is 1. The molecule has 23 heavy (non-hydrogen) atoms. The van der Waals surface area contributed by atoms with Crippen molar-refractivity contribution in [1.29, 1.82) is 0 Å². The van der Waals surface area contributed by atoms with Crippen molar-refractivity contribution in [3.05, 3.63) is 28.3 Å². The van der Waals surface area contributed by atoms with Gasteiger partial charge in [-0.15, -0.1) is 0 Å². The van der Waals surface area contributed by atoms with E-state index in [0.717, 1.165) is 12.3 Å². The van der Waals surface area contributed by atoms with Crippen LogP contribution in [-0.4, -0.2) is 54.8 Å². The topological polar surface area (TPSA) is 130 Å². The summed E-state index contributed by atoms with van der Waals surface area (Å²) in [4.78, 5) is 22.6. The lowest BCUT2D eigenvalue weighted by molar-refractivity contribution is -0.384. The van der Waals surface area contributed by atoms with Crippen LogP contribution in [0.3, 0.4) is 0 Å². The number of likely N-dealkylation sites (tertiary alicyclic amines) is 1. The molecule has 126 valence electrons. The molecule has 1 aliphatic heterocycles. The Morgan fingerprint density at radius 2 is 2.00 bits per heavy atom. The van der Waals surface area contributed by atoms with Crippen molar-refractivity contribution in [3.63, 3.8) is 0 Å². The van der Waals surface area contributed by atoms with E-state index in [1.807, 2.05) is 0 Å². The fourth-order valence-electron chi connectivity index (χ4n) is 2.45. The maximum atomic E-state index is 11.5. The molecule has 1 fully saturated rings. The van der Waals surface area contributed by atoms with Crippen LogP contribution in [-0.2, 0) is 9.84 Å². The molecule has 0 aliphatic carbocycles. The Labute approximate surface area is 133 Å².